The Balaban J connectivity index is 2.11. The van der Waals surface area contributed by atoms with Crippen molar-refractivity contribution in [3.05, 3.63) is 51.6 Å². The Hall–Kier alpha value is -2.85. The van der Waals surface area contributed by atoms with Crippen molar-refractivity contribution in [2.75, 3.05) is 6.26 Å². The Kier molecular flexibility index (Phi) is 4.23. The minimum atomic E-state index is -0.429. The van der Waals surface area contributed by atoms with Gasteiger partial charge < -0.3 is 9.51 Å². The first kappa shape index (κ1) is 16.0. The van der Waals surface area contributed by atoms with Crippen LogP contribution in [0.15, 0.2) is 38.7 Å². The molecule has 0 unspecified atom stereocenters. The van der Waals surface area contributed by atoms with Gasteiger partial charge in [0.15, 0.2) is 5.16 Å². The zero-order valence-electron chi connectivity index (χ0n) is 13.4. The molecule has 120 valence electrons. The number of nitrogens with one attached hydrogen (secondary N) is 1. The molecule has 0 atom stereocenters. The lowest BCUT2D eigenvalue weighted by Gasteiger charge is -2.06. The van der Waals surface area contributed by atoms with Gasteiger partial charge in [-0.15, -0.1) is 0 Å². The van der Waals surface area contributed by atoms with E-state index in [4.69, 9.17) is 4.52 Å². The molecule has 0 saturated carbocycles. The fourth-order valence-electron chi connectivity index (χ4n) is 2.55. The highest BCUT2D eigenvalue weighted by atomic mass is 32.2. The molecule has 24 heavy (non-hydrogen) atoms. The van der Waals surface area contributed by atoms with Crippen LogP contribution in [0.5, 0.6) is 0 Å². The van der Waals surface area contributed by atoms with E-state index in [1.807, 2.05) is 50.4 Å². The van der Waals surface area contributed by atoms with Gasteiger partial charge in [0, 0.05) is 11.1 Å². The van der Waals surface area contributed by atoms with E-state index in [0.29, 0.717) is 16.4 Å². The van der Waals surface area contributed by atoms with Crippen LogP contribution in [-0.4, -0.2) is 21.4 Å². The van der Waals surface area contributed by atoms with E-state index in [-0.39, 0.29) is 5.56 Å². The van der Waals surface area contributed by atoms with Crippen LogP contribution in [0.2, 0.25) is 0 Å². The van der Waals surface area contributed by atoms with Crippen molar-refractivity contribution in [3.8, 4) is 28.5 Å². The second-order valence-electron chi connectivity index (χ2n) is 5.19. The number of aromatic amines is 1. The molecule has 0 radical (unpaired) electrons. The molecule has 0 aliphatic carbocycles. The van der Waals surface area contributed by atoms with Crippen molar-refractivity contribution >= 4 is 11.8 Å². The van der Waals surface area contributed by atoms with Crippen LogP contribution in [0.25, 0.3) is 22.4 Å². The lowest BCUT2D eigenvalue weighted by atomic mass is 10.0. The van der Waals surface area contributed by atoms with Crippen molar-refractivity contribution in [2.24, 2.45) is 0 Å². The average molecular weight is 338 g/mol. The van der Waals surface area contributed by atoms with Gasteiger partial charge in [-0.1, -0.05) is 41.2 Å². The van der Waals surface area contributed by atoms with Gasteiger partial charge in [0.1, 0.15) is 17.4 Å². The lowest BCUT2D eigenvalue weighted by molar-refractivity contribution is 0.393. The highest BCUT2D eigenvalue weighted by Gasteiger charge is 2.15. The number of hydrogen-bond donors (Lipinski definition) is 1. The predicted molar refractivity (Wildman–Crippen MR) is 91.8 cm³/mol. The highest BCUT2D eigenvalue weighted by molar-refractivity contribution is 7.98. The van der Waals surface area contributed by atoms with Crippen molar-refractivity contribution < 1.29 is 4.52 Å². The number of H-pyrrole nitrogens is 1. The van der Waals surface area contributed by atoms with Crippen LogP contribution in [0.4, 0.5) is 0 Å². The Bertz CT molecular complexity index is 977. The van der Waals surface area contributed by atoms with Gasteiger partial charge in [-0.25, -0.2) is 4.98 Å². The Morgan fingerprint density at radius 1 is 1.21 bits per heavy atom. The van der Waals surface area contributed by atoms with E-state index in [2.05, 4.69) is 15.1 Å². The van der Waals surface area contributed by atoms with E-state index in [0.717, 1.165) is 22.6 Å². The number of nitriles is 1. The summed E-state index contributed by atoms with van der Waals surface area (Å²) in [7, 11) is 0. The van der Waals surface area contributed by atoms with E-state index < -0.39 is 5.56 Å². The normalized spacial score (nSPS) is 10.6. The topological polar surface area (TPSA) is 95.6 Å². The summed E-state index contributed by atoms with van der Waals surface area (Å²) in [5, 5.41) is 13.7. The third-order valence-corrected chi connectivity index (χ3v) is 4.26. The molecule has 0 bridgehead atoms. The highest BCUT2D eigenvalue weighted by Crippen LogP contribution is 2.29. The molecule has 0 aliphatic rings. The second kappa shape index (κ2) is 6.34. The first-order valence-electron chi connectivity index (χ1n) is 7.17. The van der Waals surface area contributed by atoms with Crippen LogP contribution >= 0.6 is 11.8 Å². The molecule has 6 nitrogen and oxygen atoms in total. The summed E-state index contributed by atoms with van der Waals surface area (Å²) in [6, 6.07) is 9.43. The smallest absolute Gasteiger partial charge is 0.270 e. The van der Waals surface area contributed by atoms with Gasteiger partial charge in [0.2, 0.25) is 0 Å². The van der Waals surface area contributed by atoms with Crippen molar-refractivity contribution in [1.29, 1.82) is 5.26 Å². The van der Waals surface area contributed by atoms with Gasteiger partial charge in [-0.05, 0) is 25.7 Å². The Labute approximate surface area is 142 Å². The SMILES string of the molecule is CSc1nc(-c2ccc(-c3c(C)noc3C)cc2)c(C#N)c(=O)[nH]1. The van der Waals surface area contributed by atoms with Crippen LogP contribution in [-0.2, 0) is 0 Å². The quantitative estimate of drug-likeness (QED) is 0.581. The summed E-state index contributed by atoms with van der Waals surface area (Å²) in [6.45, 7) is 3.75. The van der Waals surface area contributed by atoms with Crippen LogP contribution in [0, 0.1) is 25.2 Å². The minimum Gasteiger partial charge on any atom is -0.361 e. The Morgan fingerprint density at radius 3 is 2.42 bits per heavy atom. The van der Waals surface area contributed by atoms with Gasteiger partial charge >= 0.3 is 0 Å². The first-order chi connectivity index (χ1) is 11.5. The number of aryl methyl sites for hydroxylation is 2. The lowest BCUT2D eigenvalue weighted by Crippen LogP contribution is -2.14. The zero-order chi connectivity index (χ0) is 17.3. The molecule has 3 aromatic rings. The second-order valence-corrected chi connectivity index (χ2v) is 5.98. The molecular weight excluding hydrogens is 324 g/mol. The molecule has 7 heteroatoms. The summed E-state index contributed by atoms with van der Waals surface area (Å²) in [6.07, 6.45) is 1.81. The number of thioether (sulfide) groups is 1. The molecule has 2 heterocycles. The number of hydrogen-bond acceptors (Lipinski definition) is 6. The fraction of sp³-hybridized carbons (Fsp3) is 0.176. The summed E-state index contributed by atoms with van der Waals surface area (Å²) in [4.78, 5) is 19.0. The summed E-state index contributed by atoms with van der Waals surface area (Å²) in [5.74, 6) is 0.747. The molecular formula is C17H14N4O2S. The summed E-state index contributed by atoms with van der Waals surface area (Å²) in [5.41, 5.74) is 3.41. The third-order valence-electron chi connectivity index (χ3n) is 3.68. The molecule has 1 aromatic carbocycles. The molecule has 0 saturated heterocycles. The van der Waals surface area contributed by atoms with Crippen molar-refractivity contribution in [2.45, 2.75) is 19.0 Å². The monoisotopic (exact) mass is 338 g/mol. The summed E-state index contributed by atoms with van der Waals surface area (Å²) >= 11 is 1.32. The van der Waals surface area contributed by atoms with Crippen LogP contribution in [0.3, 0.4) is 0 Å². The molecule has 0 aliphatic heterocycles. The number of benzene rings is 1. The maximum atomic E-state index is 12.0. The van der Waals surface area contributed by atoms with E-state index in [1.165, 1.54) is 11.8 Å². The number of aromatic nitrogens is 3. The molecule has 0 spiro atoms. The van der Waals surface area contributed by atoms with E-state index in [1.54, 1.807) is 0 Å². The van der Waals surface area contributed by atoms with Crippen LogP contribution < -0.4 is 5.56 Å². The molecule has 0 fully saturated rings. The molecule has 0 amide bonds. The maximum absolute atomic E-state index is 12.0. The Morgan fingerprint density at radius 2 is 1.88 bits per heavy atom. The minimum absolute atomic E-state index is 0.0119. The summed E-state index contributed by atoms with van der Waals surface area (Å²) < 4.78 is 5.19. The van der Waals surface area contributed by atoms with Gasteiger partial charge in [0.05, 0.1) is 11.4 Å². The average Bonchev–Trinajstić information content (AvgIpc) is 2.93. The fourth-order valence-corrected chi connectivity index (χ4v) is 2.93. The zero-order valence-corrected chi connectivity index (χ0v) is 14.2. The molecule has 3 rings (SSSR count). The van der Waals surface area contributed by atoms with Crippen molar-refractivity contribution in [1.82, 2.24) is 15.1 Å². The van der Waals surface area contributed by atoms with Gasteiger partial charge in [-0.2, -0.15) is 5.26 Å². The largest absolute Gasteiger partial charge is 0.361 e. The third kappa shape index (κ3) is 2.72. The van der Waals surface area contributed by atoms with E-state index in [9.17, 15) is 10.1 Å². The molecule has 1 N–H and O–H groups in total. The van der Waals surface area contributed by atoms with Gasteiger partial charge in [0.25, 0.3) is 5.56 Å². The number of nitrogens with zero attached hydrogens (tertiary/aromatic N) is 3. The molecule has 2 aromatic heterocycles. The van der Waals surface area contributed by atoms with E-state index >= 15 is 0 Å². The maximum Gasteiger partial charge on any atom is 0.270 e. The first-order valence-corrected chi connectivity index (χ1v) is 8.39. The van der Waals surface area contributed by atoms with Crippen LogP contribution in [0.1, 0.15) is 17.0 Å². The van der Waals surface area contributed by atoms with Crippen molar-refractivity contribution in [3.63, 3.8) is 0 Å². The standard InChI is InChI=1S/C17H14N4O2S/c1-9-14(10(2)23-21-9)11-4-6-12(7-5-11)15-13(8-18)16(22)20-17(19-15)24-3/h4-7H,1-3H3,(H,19,20,22). The predicted octanol–water partition coefficient (Wildman–Crippen LogP) is 3.30. The van der Waals surface area contributed by atoms with Gasteiger partial charge in [-0.3, -0.25) is 4.79 Å². The number of rotatable bonds is 3.